The number of methoxy groups -OCH3 is 1. The molecule has 1 rings (SSSR count). The number of carboxylic acid groups (broad SMARTS) is 1. The Balaban J connectivity index is 2.73. The molecule has 1 aliphatic heterocycles. The first-order chi connectivity index (χ1) is 7.94. The van der Waals surface area contributed by atoms with Gasteiger partial charge < -0.3 is 20.5 Å². The van der Waals surface area contributed by atoms with Gasteiger partial charge in [-0.05, 0) is 19.8 Å². The lowest BCUT2D eigenvalue weighted by atomic mass is 9.82. The number of piperidine rings is 1. The molecule has 0 spiro atoms. The number of nitrogens with zero attached hydrogens (tertiary/aromatic N) is 1. The number of hydrogen-bond acceptors (Lipinski definition) is 4. The quantitative estimate of drug-likeness (QED) is 0.706. The van der Waals surface area contributed by atoms with Gasteiger partial charge in [0.1, 0.15) is 6.10 Å². The lowest BCUT2D eigenvalue weighted by Crippen LogP contribution is -2.52. The van der Waals surface area contributed by atoms with Crippen molar-refractivity contribution in [1.82, 2.24) is 4.90 Å². The van der Waals surface area contributed by atoms with Crippen LogP contribution < -0.4 is 5.73 Å². The second kappa shape index (κ2) is 5.46. The summed E-state index contributed by atoms with van der Waals surface area (Å²) in [6, 6.07) is 0. The highest BCUT2D eigenvalue weighted by Gasteiger charge is 2.40. The highest BCUT2D eigenvalue weighted by molar-refractivity contribution is 5.83. The molecule has 6 nitrogen and oxygen atoms in total. The Morgan fingerprint density at radius 1 is 1.59 bits per heavy atom. The third-order valence-electron chi connectivity index (χ3n) is 3.30. The average molecular weight is 244 g/mol. The van der Waals surface area contributed by atoms with Gasteiger partial charge in [-0.1, -0.05) is 0 Å². The molecule has 0 aromatic rings. The van der Waals surface area contributed by atoms with Gasteiger partial charge in [-0.3, -0.25) is 9.59 Å². The van der Waals surface area contributed by atoms with Gasteiger partial charge in [0.15, 0.2) is 0 Å². The lowest BCUT2D eigenvalue weighted by molar-refractivity contribution is -0.156. The molecule has 0 radical (unpaired) electrons. The number of carboxylic acids is 1. The Morgan fingerprint density at radius 2 is 2.24 bits per heavy atom. The molecule has 2 unspecified atom stereocenters. The SMILES string of the molecule is COC(CN)C(=O)N1CCCC(C)(C(=O)O)C1. The summed E-state index contributed by atoms with van der Waals surface area (Å²) in [5.74, 6) is -1.08. The minimum atomic E-state index is -0.864. The summed E-state index contributed by atoms with van der Waals surface area (Å²) < 4.78 is 4.98. The van der Waals surface area contributed by atoms with Crippen molar-refractivity contribution in [2.75, 3.05) is 26.7 Å². The number of hydrogen-bond donors (Lipinski definition) is 2. The first kappa shape index (κ1) is 13.9. The highest BCUT2D eigenvalue weighted by atomic mass is 16.5. The number of likely N-dealkylation sites (tertiary alicyclic amines) is 1. The number of rotatable bonds is 4. The smallest absolute Gasteiger partial charge is 0.311 e. The Morgan fingerprint density at radius 3 is 2.71 bits per heavy atom. The Bertz CT molecular complexity index is 304. The summed E-state index contributed by atoms with van der Waals surface area (Å²) in [5.41, 5.74) is 4.57. The number of amides is 1. The Labute approximate surface area is 101 Å². The second-order valence-corrected chi connectivity index (χ2v) is 4.69. The number of nitrogens with two attached hydrogens (primary N) is 1. The standard InChI is InChI=1S/C11H20N2O4/c1-11(10(15)16)4-3-5-13(7-11)9(14)8(6-12)17-2/h8H,3-7,12H2,1-2H3,(H,15,16). The van der Waals surface area contributed by atoms with E-state index >= 15 is 0 Å². The van der Waals surface area contributed by atoms with Crippen LogP contribution >= 0.6 is 0 Å². The zero-order chi connectivity index (χ0) is 13.1. The van der Waals surface area contributed by atoms with E-state index in [2.05, 4.69) is 0 Å². The lowest BCUT2D eigenvalue weighted by Gasteiger charge is -2.38. The van der Waals surface area contributed by atoms with Crippen LogP contribution in [0.3, 0.4) is 0 Å². The minimum Gasteiger partial charge on any atom is -0.481 e. The number of carbonyl (C=O) groups excluding carboxylic acids is 1. The predicted octanol–water partition coefficient (Wildman–Crippen LogP) is -0.327. The summed E-state index contributed by atoms with van der Waals surface area (Å²) in [6.07, 6.45) is 0.605. The summed E-state index contributed by atoms with van der Waals surface area (Å²) >= 11 is 0. The molecular formula is C11H20N2O4. The van der Waals surface area contributed by atoms with Crippen LogP contribution in [0.15, 0.2) is 0 Å². The van der Waals surface area contributed by atoms with Crippen molar-refractivity contribution in [2.24, 2.45) is 11.1 Å². The highest BCUT2D eigenvalue weighted by Crippen LogP contribution is 2.30. The van der Waals surface area contributed by atoms with Crippen molar-refractivity contribution in [3.63, 3.8) is 0 Å². The fourth-order valence-corrected chi connectivity index (χ4v) is 2.10. The molecule has 0 bridgehead atoms. The van der Waals surface area contributed by atoms with Crippen molar-refractivity contribution in [3.8, 4) is 0 Å². The normalized spacial score (nSPS) is 26.6. The molecule has 1 heterocycles. The fraction of sp³-hybridized carbons (Fsp3) is 0.818. The zero-order valence-corrected chi connectivity index (χ0v) is 10.3. The van der Waals surface area contributed by atoms with Gasteiger partial charge in [0.2, 0.25) is 0 Å². The molecule has 1 amide bonds. The van der Waals surface area contributed by atoms with E-state index < -0.39 is 17.5 Å². The molecule has 6 heteroatoms. The van der Waals surface area contributed by atoms with Gasteiger partial charge in [0, 0.05) is 26.7 Å². The van der Waals surface area contributed by atoms with Crippen molar-refractivity contribution in [3.05, 3.63) is 0 Å². The Kier molecular flexibility index (Phi) is 4.47. The van der Waals surface area contributed by atoms with Crippen LogP contribution in [0.25, 0.3) is 0 Å². The van der Waals surface area contributed by atoms with Crippen molar-refractivity contribution in [2.45, 2.75) is 25.9 Å². The average Bonchev–Trinajstić information content (AvgIpc) is 2.30. The van der Waals surface area contributed by atoms with Crippen LogP contribution in [0.5, 0.6) is 0 Å². The van der Waals surface area contributed by atoms with E-state index in [1.54, 1.807) is 11.8 Å². The fourth-order valence-electron chi connectivity index (χ4n) is 2.10. The number of aliphatic carboxylic acids is 1. The van der Waals surface area contributed by atoms with E-state index in [1.165, 1.54) is 7.11 Å². The van der Waals surface area contributed by atoms with E-state index in [0.717, 1.165) is 0 Å². The molecule has 1 saturated heterocycles. The molecule has 3 N–H and O–H groups in total. The summed E-state index contributed by atoms with van der Waals surface area (Å²) in [5, 5.41) is 9.16. The summed E-state index contributed by atoms with van der Waals surface area (Å²) in [4.78, 5) is 24.7. The molecule has 1 aliphatic rings. The third-order valence-corrected chi connectivity index (χ3v) is 3.30. The maximum Gasteiger partial charge on any atom is 0.311 e. The maximum absolute atomic E-state index is 12.0. The van der Waals surface area contributed by atoms with Crippen LogP contribution in [0.2, 0.25) is 0 Å². The molecule has 2 atom stereocenters. The largest absolute Gasteiger partial charge is 0.481 e. The van der Waals surface area contributed by atoms with Crippen LogP contribution in [-0.4, -0.2) is 54.7 Å². The molecule has 98 valence electrons. The van der Waals surface area contributed by atoms with Crippen LogP contribution in [0.4, 0.5) is 0 Å². The van der Waals surface area contributed by atoms with Crippen molar-refractivity contribution in [1.29, 1.82) is 0 Å². The third kappa shape index (κ3) is 2.95. The molecular weight excluding hydrogens is 224 g/mol. The molecule has 0 aromatic carbocycles. The summed E-state index contributed by atoms with van der Waals surface area (Å²) in [7, 11) is 1.43. The second-order valence-electron chi connectivity index (χ2n) is 4.69. The number of ether oxygens (including phenoxy) is 1. The molecule has 0 aromatic heterocycles. The van der Waals surface area contributed by atoms with Crippen LogP contribution in [0, 0.1) is 5.41 Å². The van der Waals surface area contributed by atoms with Gasteiger partial charge in [-0.25, -0.2) is 0 Å². The van der Waals surface area contributed by atoms with Crippen LogP contribution in [-0.2, 0) is 14.3 Å². The van der Waals surface area contributed by atoms with Crippen molar-refractivity contribution >= 4 is 11.9 Å². The van der Waals surface area contributed by atoms with Crippen molar-refractivity contribution < 1.29 is 19.4 Å². The van der Waals surface area contributed by atoms with Gasteiger partial charge in [0.25, 0.3) is 5.91 Å². The van der Waals surface area contributed by atoms with Crippen LogP contribution in [0.1, 0.15) is 19.8 Å². The van der Waals surface area contributed by atoms with E-state index in [1.807, 2.05) is 0 Å². The van der Waals surface area contributed by atoms with E-state index in [-0.39, 0.29) is 19.0 Å². The van der Waals surface area contributed by atoms with E-state index in [4.69, 9.17) is 15.6 Å². The van der Waals surface area contributed by atoms with E-state index in [0.29, 0.717) is 19.4 Å². The molecule has 17 heavy (non-hydrogen) atoms. The number of carbonyl (C=O) groups is 2. The maximum atomic E-state index is 12.0. The first-order valence-electron chi connectivity index (χ1n) is 5.69. The van der Waals surface area contributed by atoms with Gasteiger partial charge in [0.05, 0.1) is 5.41 Å². The molecule has 0 saturated carbocycles. The predicted molar refractivity (Wildman–Crippen MR) is 61.4 cm³/mol. The van der Waals surface area contributed by atoms with Gasteiger partial charge >= 0.3 is 5.97 Å². The Hall–Kier alpha value is -1.14. The monoisotopic (exact) mass is 244 g/mol. The van der Waals surface area contributed by atoms with E-state index in [9.17, 15) is 9.59 Å². The van der Waals surface area contributed by atoms with Gasteiger partial charge in [-0.15, -0.1) is 0 Å². The zero-order valence-electron chi connectivity index (χ0n) is 10.3. The molecule has 0 aliphatic carbocycles. The first-order valence-corrected chi connectivity index (χ1v) is 5.69. The minimum absolute atomic E-state index is 0.107. The molecule has 1 fully saturated rings. The summed E-state index contributed by atoms with van der Waals surface area (Å²) in [6.45, 7) is 2.57. The van der Waals surface area contributed by atoms with Gasteiger partial charge in [-0.2, -0.15) is 0 Å². The topological polar surface area (TPSA) is 92.9 Å².